The topological polar surface area (TPSA) is 105 Å². The lowest BCUT2D eigenvalue weighted by Gasteiger charge is -2.22. The molecule has 2 rings (SSSR count). The third-order valence-corrected chi connectivity index (χ3v) is 7.41. The Morgan fingerprint density at radius 2 is 2.09 bits per heavy atom. The van der Waals surface area contributed by atoms with Gasteiger partial charge in [-0.05, 0) is 17.7 Å². The van der Waals surface area contributed by atoms with Gasteiger partial charge in [-0.15, -0.1) is 0 Å². The lowest BCUT2D eigenvalue weighted by Crippen LogP contribution is -2.37. The fourth-order valence-electron chi connectivity index (χ4n) is 2.08. The van der Waals surface area contributed by atoms with Crippen LogP contribution in [0.1, 0.15) is 11.8 Å². The van der Waals surface area contributed by atoms with Crippen LogP contribution in [0.4, 0.5) is 0 Å². The van der Waals surface area contributed by atoms with Gasteiger partial charge in [0.25, 0.3) is 5.56 Å². The van der Waals surface area contributed by atoms with Crippen molar-refractivity contribution in [3.63, 3.8) is 0 Å². The fourth-order valence-corrected chi connectivity index (χ4v) is 5.15. The first-order valence-electron chi connectivity index (χ1n) is 6.31. The minimum absolute atomic E-state index is 0.299. The second kappa shape index (κ2) is 7.57. The van der Waals surface area contributed by atoms with Crippen LogP contribution in [0, 0.1) is 6.92 Å². The van der Waals surface area contributed by atoms with Crippen molar-refractivity contribution in [3.05, 3.63) is 32.6 Å². The molecule has 1 aromatic heterocycles. The van der Waals surface area contributed by atoms with Gasteiger partial charge in [0.05, 0.1) is 18.0 Å². The molecule has 4 atom stereocenters. The van der Waals surface area contributed by atoms with Gasteiger partial charge in [0.2, 0.25) is 3.12 Å². The van der Waals surface area contributed by atoms with E-state index in [0.29, 0.717) is 5.56 Å². The van der Waals surface area contributed by atoms with E-state index in [4.69, 9.17) is 39.5 Å². The van der Waals surface area contributed by atoms with Gasteiger partial charge < -0.3 is 14.9 Å². The van der Waals surface area contributed by atoms with Crippen LogP contribution in [0.25, 0.3) is 0 Å². The van der Waals surface area contributed by atoms with Crippen molar-refractivity contribution in [2.45, 2.75) is 33.7 Å². The summed E-state index contributed by atoms with van der Waals surface area (Å²) in [4.78, 5) is 25.6. The molecule has 0 aromatic carbocycles. The highest BCUT2D eigenvalue weighted by atomic mass is 35.6. The molecule has 0 amide bonds. The minimum atomic E-state index is -1.63. The van der Waals surface area contributed by atoms with E-state index in [0.717, 1.165) is 26.2 Å². The maximum absolute atomic E-state index is 12.0. The van der Waals surface area contributed by atoms with Crippen LogP contribution >= 0.6 is 56.4 Å². The van der Waals surface area contributed by atoms with E-state index < -0.39 is 44.7 Å². The number of nitrogens with one attached hydrogen (secondary N) is 1. The second-order valence-corrected chi connectivity index (χ2v) is 10.4. The van der Waals surface area contributed by atoms with Crippen LogP contribution in [0.2, 0.25) is 0 Å². The number of aromatic amines is 1. The normalized spacial score (nSPS) is 28.3. The molecule has 0 radical (unpaired) electrons. The number of hydrogen-bond donors (Lipinski definition) is 3. The highest BCUT2D eigenvalue weighted by Gasteiger charge is 2.46. The molecule has 0 bridgehead atoms. The van der Waals surface area contributed by atoms with Crippen LogP contribution in [0.15, 0.2) is 15.8 Å². The van der Waals surface area contributed by atoms with Crippen molar-refractivity contribution < 1.29 is 14.9 Å². The van der Waals surface area contributed by atoms with E-state index >= 15 is 0 Å². The molecule has 130 valence electrons. The number of aliphatic hydroxyl groups excluding tert-OH is 2. The molecule has 3 N–H and O–H groups in total. The molecule has 2 heterocycles. The predicted molar refractivity (Wildman–Crippen MR) is 92.3 cm³/mol. The molecule has 1 aliphatic heterocycles. The molecule has 0 spiro atoms. The Morgan fingerprint density at radius 1 is 1.43 bits per heavy atom. The summed E-state index contributed by atoms with van der Waals surface area (Å²) < 4.78 is 5.06. The van der Waals surface area contributed by atoms with E-state index in [1.54, 1.807) is 0 Å². The van der Waals surface area contributed by atoms with Gasteiger partial charge >= 0.3 is 5.69 Å². The van der Waals surface area contributed by atoms with Gasteiger partial charge in [-0.25, -0.2) is 4.79 Å². The quantitative estimate of drug-likeness (QED) is 0.493. The molecule has 1 fully saturated rings. The molecule has 0 aliphatic carbocycles. The number of nitrogens with zero attached hydrogens (tertiary/aromatic N) is 1. The number of hydrogen-bond acceptors (Lipinski definition) is 7. The Bertz CT molecular complexity index is 677. The van der Waals surface area contributed by atoms with Gasteiger partial charge in [-0.2, -0.15) is 0 Å². The summed E-state index contributed by atoms with van der Waals surface area (Å²) in [5.74, 6) is 0. The summed E-state index contributed by atoms with van der Waals surface area (Å²) in [5.41, 5.74) is -0.905. The van der Waals surface area contributed by atoms with Gasteiger partial charge in [-0.3, -0.25) is 14.3 Å². The van der Waals surface area contributed by atoms with Gasteiger partial charge in [-0.1, -0.05) is 45.6 Å². The smallest absolute Gasteiger partial charge is 0.330 e. The number of rotatable bonds is 4. The van der Waals surface area contributed by atoms with Crippen LogP contribution in [-0.4, -0.2) is 47.0 Å². The highest BCUT2D eigenvalue weighted by molar-refractivity contribution is 8.78. The standard InChI is InChI=1S/C11H13Cl3N2O5S2/c1-4-2-16(10(20)15-8(4)19)9-7(22-23-11(12,13)14)6(18)5(3-17)21-9/h2,5-7,9,17-18H,3H2,1H3,(H,15,19,20)/t5-,6+,7?,9-/m1/s1. The highest BCUT2D eigenvalue weighted by Crippen LogP contribution is 2.51. The monoisotopic (exact) mass is 422 g/mol. The number of aliphatic hydroxyl groups is 2. The van der Waals surface area contributed by atoms with Crippen molar-refractivity contribution in [3.8, 4) is 0 Å². The molecular weight excluding hydrogens is 411 g/mol. The van der Waals surface area contributed by atoms with Crippen molar-refractivity contribution in [1.82, 2.24) is 9.55 Å². The van der Waals surface area contributed by atoms with E-state index in [-0.39, 0.29) is 0 Å². The summed E-state index contributed by atoms with van der Waals surface area (Å²) in [6.07, 6.45) is -1.59. The SMILES string of the molecule is Cc1cn([C@@H]2O[C@H](CO)[C@H](O)C2SSC(Cl)(Cl)Cl)c(=O)[nH]c1=O. The Hall–Kier alpha value is 0.130. The molecule has 12 heteroatoms. The Balaban J connectivity index is 2.35. The van der Waals surface area contributed by atoms with Crippen molar-refractivity contribution in [2.75, 3.05) is 6.61 Å². The number of alkyl halides is 3. The molecule has 7 nitrogen and oxygen atoms in total. The third kappa shape index (κ3) is 4.60. The number of H-pyrrole nitrogens is 1. The summed E-state index contributed by atoms with van der Waals surface area (Å²) in [6, 6.07) is 0. The zero-order valence-electron chi connectivity index (χ0n) is 11.6. The van der Waals surface area contributed by atoms with Gasteiger partial charge in [0, 0.05) is 11.8 Å². The third-order valence-electron chi connectivity index (χ3n) is 3.17. The molecule has 1 saturated heterocycles. The zero-order chi connectivity index (χ0) is 17.4. The maximum atomic E-state index is 12.0. The molecule has 23 heavy (non-hydrogen) atoms. The zero-order valence-corrected chi connectivity index (χ0v) is 15.5. The number of aromatic nitrogens is 2. The first kappa shape index (κ1) is 19.5. The number of halogens is 3. The number of ether oxygens (including phenoxy) is 1. The number of aryl methyl sites for hydroxylation is 1. The van der Waals surface area contributed by atoms with E-state index in [1.807, 2.05) is 0 Å². The van der Waals surface area contributed by atoms with Crippen molar-refractivity contribution >= 4 is 56.4 Å². The van der Waals surface area contributed by atoms with E-state index in [1.165, 1.54) is 13.1 Å². The van der Waals surface area contributed by atoms with Crippen molar-refractivity contribution in [1.29, 1.82) is 0 Å². The van der Waals surface area contributed by atoms with Crippen molar-refractivity contribution in [2.24, 2.45) is 0 Å². The van der Waals surface area contributed by atoms with E-state index in [9.17, 15) is 19.8 Å². The summed E-state index contributed by atoms with van der Waals surface area (Å²) in [5, 5.41) is 18.8. The average Bonchev–Trinajstić information content (AvgIpc) is 2.76. The first-order chi connectivity index (χ1) is 10.6. The summed E-state index contributed by atoms with van der Waals surface area (Å²) >= 11 is 17.1. The molecule has 1 aliphatic rings. The van der Waals surface area contributed by atoms with Crippen LogP contribution in [-0.2, 0) is 4.74 Å². The van der Waals surface area contributed by atoms with Crippen LogP contribution in [0.3, 0.4) is 0 Å². The predicted octanol–water partition coefficient (Wildman–Crippen LogP) is 1.17. The second-order valence-electron chi connectivity index (χ2n) is 4.81. The lowest BCUT2D eigenvalue weighted by molar-refractivity contribution is -0.0457. The molecule has 1 aromatic rings. The maximum Gasteiger partial charge on any atom is 0.330 e. The average molecular weight is 424 g/mol. The van der Waals surface area contributed by atoms with Gasteiger partial charge in [0.1, 0.15) is 6.10 Å². The fraction of sp³-hybridized carbons (Fsp3) is 0.636. The Morgan fingerprint density at radius 3 is 2.65 bits per heavy atom. The molecule has 1 unspecified atom stereocenters. The summed E-state index contributed by atoms with van der Waals surface area (Å²) in [7, 11) is 1.89. The Kier molecular flexibility index (Phi) is 6.40. The van der Waals surface area contributed by atoms with Gasteiger partial charge in [0.15, 0.2) is 6.23 Å². The first-order valence-corrected chi connectivity index (χ1v) is 9.66. The van der Waals surface area contributed by atoms with E-state index in [2.05, 4.69) is 4.98 Å². The van der Waals surface area contributed by atoms with Crippen LogP contribution in [0.5, 0.6) is 0 Å². The molecule has 0 saturated carbocycles. The molecular formula is C11H13Cl3N2O5S2. The Labute approximate surface area is 153 Å². The van der Waals surface area contributed by atoms with Crippen LogP contribution < -0.4 is 11.2 Å². The lowest BCUT2D eigenvalue weighted by atomic mass is 10.2. The minimum Gasteiger partial charge on any atom is -0.394 e. The largest absolute Gasteiger partial charge is 0.394 e. The summed E-state index contributed by atoms with van der Waals surface area (Å²) in [6.45, 7) is 1.09.